The maximum Gasteiger partial charge on any atom is 0.335 e. The van der Waals surface area contributed by atoms with Gasteiger partial charge in [0.2, 0.25) is 6.39 Å². The first-order valence-corrected chi connectivity index (χ1v) is 6.45. The van der Waals surface area contributed by atoms with Gasteiger partial charge in [0.05, 0.1) is 10.5 Å². The van der Waals surface area contributed by atoms with Crippen LogP contribution in [0.4, 0.5) is 0 Å². The van der Waals surface area contributed by atoms with E-state index in [1.807, 2.05) is 0 Å². The molecule has 0 radical (unpaired) electrons. The quantitative estimate of drug-likeness (QED) is 0.870. The number of hydrogen-bond donors (Lipinski definition) is 1. The Kier molecular flexibility index (Phi) is 3.11. The normalized spacial score (nSPS) is 11.3. The van der Waals surface area contributed by atoms with Crippen LogP contribution in [0.3, 0.4) is 0 Å². The van der Waals surface area contributed by atoms with Crippen LogP contribution in [0.5, 0.6) is 0 Å². The number of carboxylic acids is 1. The van der Waals surface area contributed by atoms with Crippen molar-refractivity contribution in [2.24, 2.45) is 0 Å². The molecule has 7 nitrogen and oxygen atoms in total. The van der Waals surface area contributed by atoms with Crippen molar-refractivity contribution in [1.29, 1.82) is 0 Å². The zero-order chi connectivity index (χ0) is 13.2. The summed E-state index contributed by atoms with van der Waals surface area (Å²) in [6.07, 6.45) is 1.03. The minimum absolute atomic E-state index is 0.0238. The Labute approximate surface area is 102 Å². The summed E-state index contributed by atoms with van der Waals surface area (Å²) in [6.45, 7) is 0. The molecule has 0 unspecified atom stereocenters. The van der Waals surface area contributed by atoms with Crippen LogP contribution in [-0.4, -0.2) is 29.6 Å². The number of carbonyl (C=O) groups is 1. The van der Waals surface area contributed by atoms with E-state index in [0.29, 0.717) is 0 Å². The zero-order valence-electron chi connectivity index (χ0n) is 8.98. The number of nitrogens with zero attached hydrogens (tertiary/aromatic N) is 2. The maximum atomic E-state index is 12.0. The molecule has 0 atom stereocenters. The van der Waals surface area contributed by atoms with Crippen LogP contribution in [0.15, 0.2) is 40.1 Å². The lowest BCUT2D eigenvalue weighted by molar-refractivity contribution is 0.0696. The average Bonchev–Trinajstić information content (AvgIpc) is 2.81. The van der Waals surface area contributed by atoms with Crippen LogP contribution < -0.4 is 0 Å². The Bertz CT molecular complexity index is 663. The summed E-state index contributed by atoms with van der Waals surface area (Å²) < 4.78 is 28.4. The van der Waals surface area contributed by atoms with E-state index in [-0.39, 0.29) is 16.3 Å². The number of aromatic nitrogens is 2. The third-order valence-corrected chi connectivity index (χ3v) is 3.78. The molecule has 0 aliphatic heterocycles. The summed E-state index contributed by atoms with van der Waals surface area (Å²) in [5.74, 6) is -1.60. The molecule has 1 heterocycles. The molecular formula is C10H8N2O5S. The van der Waals surface area contributed by atoms with Crippen molar-refractivity contribution in [3.63, 3.8) is 0 Å². The molecule has 1 N–H and O–H groups in total. The van der Waals surface area contributed by atoms with Gasteiger partial charge in [-0.05, 0) is 18.2 Å². The number of carboxylic acid groups (broad SMARTS) is 1. The van der Waals surface area contributed by atoms with Crippen molar-refractivity contribution in [3.05, 3.63) is 42.0 Å². The lowest BCUT2D eigenvalue weighted by atomic mass is 10.2. The van der Waals surface area contributed by atoms with Gasteiger partial charge < -0.3 is 9.63 Å². The summed E-state index contributed by atoms with van der Waals surface area (Å²) in [6, 6.07) is 5.10. The molecule has 8 heteroatoms. The summed E-state index contributed by atoms with van der Waals surface area (Å²) >= 11 is 0. The van der Waals surface area contributed by atoms with Gasteiger partial charge in [-0.2, -0.15) is 4.98 Å². The monoisotopic (exact) mass is 268 g/mol. The molecule has 94 valence electrons. The Morgan fingerprint density at radius 1 is 1.39 bits per heavy atom. The molecule has 0 fully saturated rings. The fraction of sp³-hybridized carbons (Fsp3) is 0.100. The van der Waals surface area contributed by atoms with E-state index in [1.54, 1.807) is 0 Å². The van der Waals surface area contributed by atoms with Crippen molar-refractivity contribution in [2.45, 2.75) is 10.6 Å². The van der Waals surface area contributed by atoms with E-state index < -0.39 is 21.6 Å². The minimum atomic E-state index is -3.69. The number of sulfone groups is 1. The van der Waals surface area contributed by atoms with Crippen LogP contribution in [0.1, 0.15) is 16.2 Å². The molecule has 2 rings (SSSR count). The average molecular weight is 268 g/mol. The van der Waals surface area contributed by atoms with E-state index in [0.717, 1.165) is 12.5 Å². The van der Waals surface area contributed by atoms with Crippen LogP contribution >= 0.6 is 0 Å². The van der Waals surface area contributed by atoms with Crippen LogP contribution in [0.25, 0.3) is 0 Å². The van der Waals surface area contributed by atoms with Gasteiger partial charge in [0.1, 0.15) is 5.75 Å². The molecule has 0 aliphatic rings. The molecule has 0 aliphatic carbocycles. The maximum absolute atomic E-state index is 12.0. The van der Waals surface area contributed by atoms with Crippen LogP contribution in [-0.2, 0) is 15.6 Å². The summed E-state index contributed by atoms with van der Waals surface area (Å²) in [4.78, 5) is 14.3. The van der Waals surface area contributed by atoms with E-state index in [1.165, 1.54) is 18.2 Å². The lowest BCUT2D eigenvalue weighted by Gasteiger charge is -2.02. The first-order chi connectivity index (χ1) is 8.49. The minimum Gasteiger partial charge on any atom is -0.478 e. The predicted molar refractivity (Wildman–Crippen MR) is 58.6 cm³/mol. The molecule has 0 amide bonds. The van der Waals surface area contributed by atoms with Gasteiger partial charge >= 0.3 is 5.97 Å². The first kappa shape index (κ1) is 12.2. The fourth-order valence-electron chi connectivity index (χ4n) is 1.33. The molecule has 0 bridgehead atoms. The Hall–Kier alpha value is -2.22. The number of hydrogen-bond acceptors (Lipinski definition) is 6. The fourth-order valence-corrected chi connectivity index (χ4v) is 2.56. The molecule has 18 heavy (non-hydrogen) atoms. The molecule has 1 aromatic carbocycles. The van der Waals surface area contributed by atoms with Crippen molar-refractivity contribution < 1.29 is 22.8 Å². The Morgan fingerprint density at radius 2 is 2.17 bits per heavy atom. The Balaban J connectivity index is 2.35. The summed E-state index contributed by atoms with van der Waals surface area (Å²) in [5.41, 5.74) is -0.0933. The molecule has 2 aromatic rings. The molecule has 0 spiro atoms. The van der Waals surface area contributed by atoms with Crippen molar-refractivity contribution in [1.82, 2.24) is 10.1 Å². The highest BCUT2D eigenvalue weighted by Gasteiger charge is 2.19. The second-order valence-corrected chi connectivity index (χ2v) is 5.43. The van der Waals surface area contributed by atoms with Gasteiger partial charge in [-0.15, -0.1) is 0 Å². The highest BCUT2D eigenvalue weighted by Crippen LogP contribution is 2.16. The van der Waals surface area contributed by atoms with Crippen molar-refractivity contribution >= 4 is 15.8 Å². The zero-order valence-corrected chi connectivity index (χ0v) is 9.79. The van der Waals surface area contributed by atoms with Gasteiger partial charge in [-0.25, -0.2) is 13.2 Å². The third-order valence-electron chi connectivity index (χ3n) is 2.17. The third kappa shape index (κ3) is 2.54. The van der Waals surface area contributed by atoms with Crippen LogP contribution in [0.2, 0.25) is 0 Å². The van der Waals surface area contributed by atoms with Gasteiger partial charge in [0.15, 0.2) is 15.7 Å². The standard InChI is InChI=1S/C10H8N2O5S/c13-10(14)7-2-1-3-8(4-7)18(15,16)5-9-11-6-17-12-9/h1-4,6H,5H2,(H,13,14). The SMILES string of the molecule is O=C(O)c1cccc(S(=O)(=O)Cc2ncon2)c1. The number of benzene rings is 1. The topological polar surface area (TPSA) is 110 Å². The van der Waals surface area contributed by atoms with Crippen molar-refractivity contribution in [2.75, 3.05) is 0 Å². The van der Waals surface area contributed by atoms with E-state index in [2.05, 4.69) is 14.7 Å². The molecule has 0 saturated heterocycles. The van der Waals surface area contributed by atoms with Gasteiger partial charge in [0, 0.05) is 0 Å². The molecular weight excluding hydrogens is 260 g/mol. The largest absolute Gasteiger partial charge is 0.478 e. The second kappa shape index (κ2) is 4.57. The smallest absolute Gasteiger partial charge is 0.335 e. The highest BCUT2D eigenvalue weighted by atomic mass is 32.2. The number of aromatic carboxylic acids is 1. The van der Waals surface area contributed by atoms with E-state index in [9.17, 15) is 13.2 Å². The second-order valence-electron chi connectivity index (χ2n) is 3.44. The molecule has 0 saturated carbocycles. The van der Waals surface area contributed by atoms with Gasteiger partial charge in [0.25, 0.3) is 0 Å². The summed E-state index contributed by atoms with van der Waals surface area (Å²) in [7, 11) is -3.69. The van der Waals surface area contributed by atoms with Crippen LogP contribution in [0, 0.1) is 0 Å². The van der Waals surface area contributed by atoms with E-state index in [4.69, 9.17) is 5.11 Å². The number of rotatable bonds is 4. The summed E-state index contributed by atoms with van der Waals surface area (Å²) in [5, 5.41) is 12.2. The van der Waals surface area contributed by atoms with Gasteiger partial charge in [-0.3, -0.25) is 0 Å². The molecule has 1 aromatic heterocycles. The van der Waals surface area contributed by atoms with Crippen molar-refractivity contribution in [3.8, 4) is 0 Å². The Morgan fingerprint density at radius 3 is 2.78 bits per heavy atom. The lowest BCUT2D eigenvalue weighted by Crippen LogP contribution is -2.07. The van der Waals surface area contributed by atoms with Gasteiger partial charge in [-0.1, -0.05) is 11.2 Å². The van der Waals surface area contributed by atoms with E-state index >= 15 is 0 Å². The predicted octanol–water partition coefficient (Wildman–Crippen LogP) is 0.742. The first-order valence-electron chi connectivity index (χ1n) is 4.80. The highest BCUT2D eigenvalue weighted by molar-refractivity contribution is 7.90.